The molecule has 0 radical (unpaired) electrons. The molecule has 0 fully saturated rings. The molecule has 0 spiro atoms. The van der Waals surface area contributed by atoms with Gasteiger partial charge in [-0.15, -0.1) is 17.5 Å². The molecule has 2 N–H and O–H groups in total. The molecule has 0 unspecified atom stereocenters. The largest absolute Gasteiger partial charge is 0.407 e. The molecule has 0 bridgehead atoms. The van der Waals surface area contributed by atoms with Crippen molar-refractivity contribution in [3.63, 3.8) is 0 Å². The van der Waals surface area contributed by atoms with Gasteiger partial charge in [-0.05, 0) is 26.5 Å². The van der Waals surface area contributed by atoms with Crippen molar-refractivity contribution in [3.8, 4) is 0 Å². The number of halogens is 1. The summed E-state index contributed by atoms with van der Waals surface area (Å²) in [5.41, 5.74) is 3.72. The molecule has 0 saturated carbocycles. The van der Waals surface area contributed by atoms with Crippen LogP contribution in [0.5, 0.6) is 0 Å². The van der Waals surface area contributed by atoms with Gasteiger partial charge in [0.1, 0.15) is 0 Å². The standard InChI is InChI=1S/C13H18N4O.ClH/c1-9-4-10(2)6-11(5-9)7-15-13-17-16-12(18-13)8-14-3;/h4-6,14H,7-8H2,1-3H3,(H,15,17);1H. The monoisotopic (exact) mass is 282 g/mol. The summed E-state index contributed by atoms with van der Waals surface area (Å²) in [5, 5.41) is 13.9. The maximum Gasteiger partial charge on any atom is 0.315 e. The summed E-state index contributed by atoms with van der Waals surface area (Å²) in [4.78, 5) is 0. The van der Waals surface area contributed by atoms with Crippen LogP contribution in [0.1, 0.15) is 22.6 Å². The van der Waals surface area contributed by atoms with E-state index in [2.05, 4.69) is 52.9 Å². The van der Waals surface area contributed by atoms with Crippen molar-refractivity contribution in [2.75, 3.05) is 12.4 Å². The first-order valence-electron chi connectivity index (χ1n) is 5.95. The maximum atomic E-state index is 5.41. The summed E-state index contributed by atoms with van der Waals surface area (Å²) in [6.07, 6.45) is 0. The number of aromatic nitrogens is 2. The molecular weight excluding hydrogens is 264 g/mol. The first-order chi connectivity index (χ1) is 8.67. The van der Waals surface area contributed by atoms with Gasteiger partial charge in [-0.3, -0.25) is 0 Å². The summed E-state index contributed by atoms with van der Waals surface area (Å²) in [5.74, 6) is 0.584. The lowest BCUT2D eigenvalue weighted by Crippen LogP contribution is -2.04. The van der Waals surface area contributed by atoms with E-state index in [1.54, 1.807) is 0 Å². The third kappa shape index (κ3) is 4.54. The van der Waals surface area contributed by atoms with Crippen LogP contribution in [0.2, 0.25) is 0 Å². The third-order valence-electron chi connectivity index (χ3n) is 2.52. The Bertz CT molecular complexity index is 507. The molecule has 0 aliphatic heterocycles. The average molecular weight is 283 g/mol. The molecule has 5 nitrogen and oxygen atoms in total. The zero-order valence-electron chi connectivity index (χ0n) is 11.4. The van der Waals surface area contributed by atoms with Crippen molar-refractivity contribution < 1.29 is 4.42 Å². The fraction of sp³-hybridized carbons (Fsp3) is 0.385. The van der Waals surface area contributed by atoms with Crippen LogP contribution in [-0.4, -0.2) is 17.2 Å². The lowest BCUT2D eigenvalue weighted by Gasteiger charge is -2.04. The molecule has 1 aromatic carbocycles. The van der Waals surface area contributed by atoms with Crippen molar-refractivity contribution in [1.29, 1.82) is 0 Å². The van der Waals surface area contributed by atoms with Crippen LogP contribution in [0.25, 0.3) is 0 Å². The van der Waals surface area contributed by atoms with Crippen molar-refractivity contribution in [1.82, 2.24) is 15.5 Å². The molecule has 0 aliphatic carbocycles. The van der Waals surface area contributed by atoms with Gasteiger partial charge >= 0.3 is 6.01 Å². The molecule has 0 saturated heterocycles. The zero-order valence-corrected chi connectivity index (χ0v) is 12.2. The van der Waals surface area contributed by atoms with Gasteiger partial charge in [0.15, 0.2) is 0 Å². The van der Waals surface area contributed by atoms with Crippen molar-refractivity contribution >= 4 is 18.4 Å². The number of nitrogens with zero attached hydrogens (tertiary/aromatic N) is 2. The number of hydrogen-bond donors (Lipinski definition) is 2. The predicted octanol–water partition coefficient (Wildman–Crippen LogP) is 2.44. The normalized spacial score (nSPS) is 10.1. The van der Waals surface area contributed by atoms with Crippen LogP contribution in [0, 0.1) is 13.8 Å². The molecule has 104 valence electrons. The fourth-order valence-electron chi connectivity index (χ4n) is 1.90. The van der Waals surface area contributed by atoms with Crippen LogP contribution in [-0.2, 0) is 13.1 Å². The Hall–Kier alpha value is -1.59. The Balaban J connectivity index is 0.00000180. The minimum absolute atomic E-state index is 0. The van der Waals surface area contributed by atoms with E-state index in [-0.39, 0.29) is 12.4 Å². The Morgan fingerprint density at radius 3 is 2.37 bits per heavy atom. The molecule has 1 aromatic heterocycles. The van der Waals surface area contributed by atoms with E-state index in [0.29, 0.717) is 25.0 Å². The van der Waals surface area contributed by atoms with E-state index in [1.165, 1.54) is 16.7 Å². The SMILES string of the molecule is CNCc1nnc(NCc2cc(C)cc(C)c2)o1.Cl. The van der Waals surface area contributed by atoms with Crippen LogP contribution in [0.3, 0.4) is 0 Å². The highest BCUT2D eigenvalue weighted by Gasteiger charge is 2.04. The first kappa shape index (κ1) is 15.5. The van der Waals surface area contributed by atoms with Gasteiger partial charge in [0.25, 0.3) is 0 Å². The average Bonchev–Trinajstić information content (AvgIpc) is 2.74. The molecule has 2 rings (SSSR count). The molecule has 1 heterocycles. The van der Waals surface area contributed by atoms with Crippen LogP contribution in [0.15, 0.2) is 22.6 Å². The van der Waals surface area contributed by atoms with Crippen molar-refractivity contribution in [3.05, 3.63) is 40.8 Å². The van der Waals surface area contributed by atoms with Gasteiger partial charge in [-0.25, -0.2) is 0 Å². The predicted molar refractivity (Wildman–Crippen MR) is 77.6 cm³/mol. The second kappa shape index (κ2) is 7.11. The van der Waals surface area contributed by atoms with Crippen LogP contribution in [0.4, 0.5) is 6.01 Å². The van der Waals surface area contributed by atoms with E-state index in [0.717, 1.165) is 0 Å². The topological polar surface area (TPSA) is 63.0 Å². The fourth-order valence-corrected chi connectivity index (χ4v) is 1.90. The maximum absolute atomic E-state index is 5.41. The molecule has 0 atom stereocenters. The van der Waals surface area contributed by atoms with E-state index in [9.17, 15) is 0 Å². The highest BCUT2D eigenvalue weighted by Crippen LogP contribution is 2.11. The zero-order chi connectivity index (χ0) is 13.0. The molecule has 2 aromatic rings. The Morgan fingerprint density at radius 2 is 1.74 bits per heavy atom. The van der Waals surface area contributed by atoms with Crippen molar-refractivity contribution in [2.24, 2.45) is 0 Å². The van der Waals surface area contributed by atoms with Gasteiger partial charge in [-0.2, -0.15) is 0 Å². The van der Waals surface area contributed by atoms with Gasteiger partial charge in [0.05, 0.1) is 6.54 Å². The quantitative estimate of drug-likeness (QED) is 0.882. The number of nitrogens with one attached hydrogen (secondary N) is 2. The number of aryl methyl sites for hydroxylation is 2. The van der Waals surface area contributed by atoms with Gasteiger partial charge in [0.2, 0.25) is 5.89 Å². The summed E-state index contributed by atoms with van der Waals surface area (Å²) >= 11 is 0. The van der Waals surface area contributed by atoms with E-state index >= 15 is 0 Å². The highest BCUT2D eigenvalue weighted by atomic mass is 35.5. The van der Waals surface area contributed by atoms with Crippen molar-refractivity contribution in [2.45, 2.75) is 26.9 Å². The highest BCUT2D eigenvalue weighted by molar-refractivity contribution is 5.85. The Labute approximate surface area is 119 Å². The minimum atomic E-state index is 0. The third-order valence-corrected chi connectivity index (χ3v) is 2.52. The summed E-state index contributed by atoms with van der Waals surface area (Å²) in [6.45, 7) is 5.45. The number of anilines is 1. The summed E-state index contributed by atoms with van der Waals surface area (Å²) in [6, 6.07) is 6.90. The minimum Gasteiger partial charge on any atom is -0.407 e. The first-order valence-corrected chi connectivity index (χ1v) is 5.95. The van der Waals surface area contributed by atoms with E-state index in [4.69, 9.17) is 4.42 Å². The van der Waals surface area contributed by atoms with Crippen LogP contribution >= 0.6 is 12.4 Å². The van der Waals surface area contributed by atoms with Gasteiger partial charge in [-0.1, -0.05) is 34.4 Å². The molecule has 0 amide bonds. The number of hydrogen-bond acceptors (Lipinski definition) is 5. The number of rotatable bonds is 5. The van der Waals surface area contributed by atoms with E-state index < -0.39 is 0 Å². The molecule has 19 heavy (non-hydrogen) atoms. The Kier molecular flexibility index (Phi) is 5.79. The summed E-state index contributed by atoms with van der Waals surface area (Å²) in [7, 11) is 1.84. The summed E-state index contributed by atoms with van der Waals surface area (Å²) < 4.78 is 5.41. The lowest BCUT2D eigenvalue weighted by atomic mass is 10.1. The second-order valence-corrected chi connectivity index (χ2v) is 4.38. The lowest BCUT2D eigenvalue weighted by molar-refractivity contribution is 0.489. The second-order valence-electron chi connectivity index (χ2n) is 4.38. The molecule has 6 heteroatoms. The van der Waals surface area contributed by atoms with E-state index in [1.807, 2.05) is 7.05 Å². The smallest absolute Gasteiger partial charge is 0.315 e. The van der Waals surface area contributed by atoms with Gasteiger partial charge < -0.3 is 15.1 Å². The van der Waals surface area contributed by atoms with Gasteiger partial charge in [0, 0.05) is 6.54 Å². The molecular formula is C13H19ClN4O. The molecule has 0 aliphatic rings. The number of benzene rings is 1. The Morgan fingerprint density at radius 1 is 1.05 bits per heavy atom. The van der Waals surface area contributed by atoms with Crippen LogP contribution < -0.4 is 10.6 Å².